The molecule has 3 aliphatic heterocycles. The first-order chi connectivity index (χ1) is 31.5. The molecule has 11 rings (SSSR count). The minimum Gasteiger partial charge on any atom is -0.376 e. The van der Waals surface area contributed by atoms with E-state index in [1.807, 2.05) is 40.7 Å². The minimum absolute atomic E-state index is 0.0113. The van der Waals surface area contributed by atoms with Crippen molar-refractivity contribution in [3.63, 3.8) is 0 Å². The molecule has 2 amide bonds. The van der Waals surface area contributed by atoms with Crippen molar-refractivity contribution in [3.8, 4) is 17.2 Å². The van der Waals surface area contributed by atoms with Crippen molar-refractivity contribution < 1.29 is 23.2 Å². The van der Waals surface area contributed by atoms with Crippen molar-refractivity contribution in [1.82, 2.24) is 43.4 Å². The molecule has 2 fully saturated rings. The number of benzene rings is 3. The zero-order chi connectivity index (χ0) is 46.1. The zero-order valence-corrected chi connectivity index (χ0v) is 38.1. The number of nitrogens with zero attached hydrogens (tertiary/aromatic N) is 8. The van der Waals surface area contributed by atoms with Gasteiger partial charge in [0.15, 0.2) is 5.82 Å². The van der Waals surface area contributed by atoms with Gasteiger partial charge in [0.1, 0.15) is 22.9 Å². The SMILES string of the molecule is Cc1cc(-n2nc3c(c2-n2ccn(-c4ccc5c(c4)CC(=O)N(C)C5)c2=O)[C@H](C)N(C(=O)c2cc4cc(C5CCOC(C)(C)C5)ccc4n2[C@@]2(c4noc(=O)[nH]4)C[C@@H]2C)CC3)cc(C)c1F. The van der Waals surface area contributed by atoms with Crippen LogP contribution in [-0.2, 0) is 34.5 Å². The quantitative estimate of drug-likeness (QED) is 0.181. The summed E-state index contributed by atoms with van der Waals surface area (Å²) < 4.78 is 33.1. The average molecular weight is 894 g/mol. The van der Waals surface area contributed by atoms with Crippen molar-refractivity contribution in [2.75, 3.05) is 20.2 Å². The van der Waals surface area contributed by atoms with E-state index >= 15 is 9.18 Å². The van der Waals surface area contributed by atoms with E-state index in [4.69, 9.17) is 14.4 Å². The normalized spacial score (nSPS) is 22.5. The van der Waals surface area contributed by atoms with E-state index in [1.54, 1.807) is 64.1 Å². The summed E-state index contributed by atoms with van der Waals surface area (Å²) in [6.45, 7) is 13.2. The van der Waals surface area contributed by atoms with Gasteiger partial charge < -0.3 is 19.1 Å². The molecule has 1 saturated carbocycles. The van der Waals surface area contributed by atoms with Gasteiger partial charge in [0, 0.05) is 62.0 Å². The summed E-state index contributed by atoms with van der Waals surface area (Å²) in [6, 6.07) is 17.0. The fourth-order valence-corrected chi connectivity index (χ4v) is 11.2. The zero-order valence-electron chi connectivity index (χ0n) is 38.1. The number of aromatic nitrogens is 7. The standard InChI is InChI=1S/C50H52FN9O6/c1-27-18-37(19-28(2)43(27)51)60-44(58-16-15-57(48(58)64)36-10-8-33-26-55(7)41(61)23-34(33)21-36)42-30(4)56(14-12-38(42)53-60)45(62)40-22-35-20-31(32-13-17-65-49(5,6)25-32)9-11-39(35)59(40)50(24-29(50)3)46-52-47(63)66-54-46/h8-11,15-16,18-22,29-30,32H,12-14,17,23-26H2,1-7H3,(H,52,54,63)/t29-,30-,32?,50-/m0/s1. The first kappa shape index (κ1) is 41.9. The number of carbonyl (C=O) groups excluding carboxylic acids is 2. The molecule has 3 aromatic carbocycles. The van der Waals surface area contributed by atoms with E-state index in [0.717, 1.165) is 34.9 Å². The Labute approximate surface area is 379 Å². The molecule has 15 nitrogen and oxygen atoms in total. The maximum atomic E-state index is 15.6. The third-order valence-electron chi connectivity index (χ3n) is 14.8. The van der Waals surface area contributed by atoms with Crippen LogP contribution in [0.1, 0.15) is 114 Å². The molecule has 4 aromatic heterocycles. The number of aryl methyl sites for hydroxylation is 2. The van der Waals surface area contributed by atoms with Crippen molar-refractivity contribution >= 4 is 22.7 Å². The van der Waals surface area contributed by atoms with Gasteiger partial charge in [-0.25, -0.2) is 18.7 Å². The van der Waals surface area contributed by atoms with Crippen LogP contribution in [0.4, 0.5) is 4.39 Å². The van der Waals surface area contributed by atoms with E-state index < -0.39 is 17.3 Å². The number of hydrogen-bond acceptors (Lipinski definition) is 8. The third-order valence-corrected chi connectivity index (χ3v) is 14.8. The molecule has 0 bridgehead atoms. The molecule has 0 radical (unpaired) electrons. The minimum atomic E-state index is -0.838. The number of aromatic amines is 1. The Balaban J connectivity index is 1.04. The van der Waals surface area contributed by atoms with Crippen molar-refractivity contribution in [1.29, 1.82) is 0 Å². The number of amides is 2. The molecule has 0 spiro atoms. The Morgan fingerprint density at radius 1 is 0.924 bits per heavy atom. The highest BCUT2D eigenvalue weighted by molar-refractivity contribution is 6.00. The first-order valence-corrected chi connectivity index (χ1v) is 22.8. The number of H-pyrrole nitrogens is 1. The van der Waals surface area contributed by atoms with E-state index in [0.29, 0.717) is 83.6 Å². The van der Waals surface area contributed by atoms with Crippen LogP contribution >= 0.6 is 0 Å². The lowest BCUT2D eigenvalue weighted by atomic mass is 9.83. The van der Waals surface area contributed by atoms with E-state index in [2.05, 4.69) is 49.1 Å². The molecular weight excluding hydrogens is 842 g/mol. The number of hydrogen-bond donors (Lipinski definition) is 1. The summed E-state index contributed by atoms with van der Waals surface area (Å²) in [5.74, 6) is -0.0966. The Kier molecular flexibility index (Phi) is 9.42. The summed E-state index contributed by atoms with van der Waals surface area (Å²) in [4.78, 5) is 61.8. The van der Waals surface area contributed by atoms with Crippen LogP contribution in [-0.4, -0.2) is 81.0 Å². The van der Waals surface area contributed by atoms with Gasteiger partial charge in [0.25, 0.3) is 5.91 Å². The van der Waals surface area contributed by atoms with Crippen LogP contribution in [0.3, 0.4) is 0 Å². The largest absolute Gasteiger partial charge is 0.438 e. The van der Waals surface area contributed by atoms with E-state index in [9.17, 15) is 14.4 Å². The summed E-state index contributed by atoms with van der Waals surface area (Å²) >= 11 is 0. The van der Waals surface area contributed by atoms with E-state index in [-0.39, 0.29) is 47.2 Å². The molecule has 1 saturated heterocycles. The van der Waals surface area contributed by atoms with Gasteiger partial charge >= 0.3 is 11.4 Å². The Morgan fingerprint density at radius 3 is 2.39 bits per heavy atom. The second kappa shape index (κ2) is 14.9. The van der Waals surface area contributed by atoms with Crippen molar-refractivity contribution in [2.24, 2.45) is 5.92 Å². The summed E-state index contributed by atoms with van der Waals surface area (Å²) in [5.41, 5.74) is 6.35. The Morgan fingerprint density at radius 2 is 1.68 bits per heavy atom. The predicted molar refractivity (Wildman–Crippen MR) is 243 cm³/mol. The van der Waals surface area contributed by atoms with Gasteiger partial charge in [-0.15, -0.1) is 0 Å². The number of rotatable bonds is 7. The van der Waals surface area contributed by atoms with Crippen LogP contribution in [0, 0.1) is 25.6 Å². The molecule has 1 unspecified atom stereocenters. The second-order valence-electron chi connectivity index (χ2n) is 19.6. The Hall–Kier alpha value is -6.81. The van der Waals surface area contributed by atoms with Crippen LogP contribution in [0.5, 0.6) is 0 Å². The number of carbonyl (C=O) groups is 2. The maximum absolute atomic E-state index is 15.6. The fourth-order valence-electron chi connectivity index (χ4n) is 11.2. The number of fused-ring (bicyclic) bond motifs is 3. The van der Waals surface area contributed by atoms with Gasteiger partial charge in [-0.2, -0.15) is 5.10 Å². The highest BCUT2D eigenvalue weighted by atomic mass is 19.1. The van der Waals surface area contributed by atoms with Gasteiger partial charge in [0.2, 0.25) is 5.91 Å². The molecule has 4 atom stereocenters. The van der Waals surface area contributed by atoms with Crippen molar-refractivity contribution in [2.45, 2.75) is 103 Å². The molecule has 7 aromatic rings. The summed E-state index contributed by atoms with van der Waals surface area (Å²) in [5, 5.41) is 10.2. The molecule has 16 heteroatoms. The van der Waals surface area contributed by atoms with E-state index in [1.165, 1.54) is 5.56 Å². The average Bonchev–Trinajstić information content (AvgIpc) is 3.77. The lowest BCUT2D eigenvalue weighted by molar-refractivity contribution is -0.130. The predicted octanol–water partition coefficient (Wildman–Crippen LogP) is 6.93. The summed E-state index contributed by atoms with van der Waals surface area (Å²) in [7, 11) is 1.78. The van der Waals surface area contributed by atoms with Gasteiger partial charge in [0.05, 0.1) is 35.1 Å². The Bertz CT molecular complexity index is 3270. The number of imidazole rings is 1. The lowest BCUT2D eigenvalue weighted by Gasteiger charge is -2.35. The molecule has 1 aliphatic carbocycles. The maximum Gasteiger partial charge on any atom is 0.438 e. The monoisotopic (exact) mass is 893 g/mol. The second-order valence-corrected chi connectivity index (χ2v) is 19.6. The smallest absolute Gasteiger partial charge is 0.376 e. The number of nitrogens with one attached hydrogen (secondary N) is 1. The van der Waals surface area contributed by atoms with Crippen LogP contribution < -0.4 is 11.4 Å². The molecule has 340 valence electrons. The molecular formula is C50H52FN9O6. The lowest BCUT2D eigenvalue weighted by Crippen LogP contribution is -2.41. The first-order valence-electron chi connectivity index (χ1n) is 22.8. The number of likely N-dealkylation sites (N-methyl/N-ethyl adjacent to an activating group) is 1. The van der Waals surface area contributed by atoms with Crippen molar-refractivity contribution in [3.05, 3.63) is 144 Å². The van der Waals surface area contributed by atoms with Gasteiger partial charge in [-0.05, 0) is 136 Å². The molecule has 66 heavy (non-hydrogen) atoms. The third kappa shape index (κ3) is 6.46. The highest BCUT2D eigenvalue weighted by Gasteiger charge is 2.59. The summed E-state index contributed by atoms with van der Waals surface area (Å²) in [6.07, 6.45) is 6.39. The topological polar surface area (TPSA) is 158 Å². The molecule has 1 N–H and O–H groups in total. The number of ether oxygens (including phenoxy) is 1. The van der Waals surface area contributed by atoms with Crippen LogP contribution in [0.15, 0.2) is 81.1 Å². The van der Waals surface area contributed by atoms with Gasteiger partial charge in [-0.3, -0.25) is 28.2 Å². The van der Waals surface area contributed by atoms with Crippen LogP contribution in [0.25, 0.3) is 28.1 Å². The van der Waals surface area contributed by atoms with Gasteiger partial charge in [-0.1, -0.05) is 24.2 Å². The fraction of sp³-hybridized carbons (Fsp3) is 0.400. The van der Waals surface area contributed by atoms with Crippen LogP contribution in [0.2, 0.25) is 0 Å². The highest BCUT2D eigenvalue weighted by Crippen LogP contribution is 2.56. The molecule has 7 heterocycles. The molecule has 4 aliphatic rings. The number of halogens is 1.